The summed E-state index contributed by atoms with van der Waals surface area (Å²) < 4.78 is 5.90. The van der Waals surface area contributed by atoms with Gasteiger partial charge in [0.25, 0.3) is 0 Å². The molecule has 0 aromatic carbocycles. The molecule has 3 nitrogen and oxygen atoms in total. The van der Waals surface area contributed by atoms with Gasteiger partial charge in [0, 0.05) is 25.2 Å². The van der Waals surface area contributed by atoms with Gasteiger partial charge in [0.15, 0.2) is 0 Å². The lowest BCUT2D eigenvalue weighted by Crippen LogP contribution is -2.54. The van der Waals surface area contributed by atoms with Gasteiger partial charge >= 0.3 is 0 Å². The van der Waals surface area contributed by atoms with Crippen molar-refractivity contribution < 1.29 is 4.74 Å². The number of likely N-dealkylation sites (N-methyl/N-ethyl adjacent to an activating group) is 2. The molecule has 1 aliphatic carbocycles. The molecule has 3 unspecified atom stereocenters. The molecule has 112 valence electrons. The average Bonchev–Trinajstić information content (AvgIpc) is 2.39. The fourth-order valence-corrected chi connectivity index (χ4v) is 3.76. The Kier molecular flexibility index (Phi) is 5.27. The van der Waals surface area contributed by atoms with E-state index in [4.69, 9.17) is 4.74 Å². The highest BCUT2D eigenvalue weighted by Crippen LogP contribution is 2.37. The summed E-state index contributed by atoms with van der Waals surface area (Å²) in [5.41, 5.74) is 0.486. The van der Waals surface area contributed by atoms with Gasteiger partial charge in [-0.3, -0.25) is 4.90 Å². The van der Waals surface area contributed by atoms with E-state index in [1.54, 1.807) is 0 Å². The van der Waals surface area contributed by atoms with Gasteiger partial charge in [-0.05, 0) is 58.0 Å². The second-order valence-corrected chi connectivity index (χ2v) is 7.30. The SMILES string of the molecule is CNC1CCC(C)(C)CC1N(C)CC1CCCCO1. The van der Waals surface area contributed by atoms with E-state index in [2.05, 4.69) is 38.2 Å². The van der Waals surface area contributed by atoms with Crippen molar-refractivity contribution in [1.29, 1.82) is 0 Å². The molecule has 2 fully saturated rings. The maximum atomic E-state index is 5.90. The first-order valence-corrected chi connectivity index (χ1v) is 8.01. The highest BCUT2D eigenvalue weighted by molar-refractivity contribution is 4.93. The molecule has 0 aromatic heterocycles. The third-order valence-electron chi connectivity index (χ3n) is 5.06. The van der Waals surface area contributed by atoms with Crippen molar-refractivity contribution in [2.24, 2.45) is 5.41 Å². The van der Waals surface area contributed by atoms with Crippen LogP contribution < -0.4 is 5.32 Å². The van der Waals surface area contributed by atoms with Crippen LogP contribution in [0.25, 0.3) is 0 Å². The molecule has 2 aliphatic rings. The van der Waals surface area contributed by atoms with Gasteiger partial charge < -0.3 is 10.1 Å². The van der Waals surface area contributed by atoms with Gasteiger partial charge in [-0.1, -0.05) is 13.8 Å². The molecule has 3 heteroatoms. The summed E-state index contributed by atoms with van der Waals surface area (Å²) in [7, 11) is 4.40. The molecule has 1 saturated carbocycles. The fraction of sp³-hybridized carbons (Fsp3) is 1.00. The number of hydrogen-bond acceptors (Lipinski definition) is 3. The molecular weight excluding hydrogens is 236 g/mol. The second kappa shape index (κ2) is 6.55. The monoisotopic (exact) mass is 268 g/mol. The van der Waals surface area contributed by atoms with Crippen molar-refractivity contribution in [2.45, 2.75) is 70.6 Å². The lowest BCUT2D eigenvalue weighted by molar-refractivity contribution is -0.0204. The zero-order valence-electron chi connectivity index (χ0n) is 13.2. The molecule has 1 heterocycles. The van der Waals surface area contributed by atoms with E-state index in [1.807, 2.05) is 0 Å². The van der Waals surface area contributed by atoms with E-state index < -0.39 is 0 Å². The smallest absolute Gasteiger partial charge is 0.0702 e. The van der Waals surface area contributed by atoms with Crippen molar-refractivity contribution in [3.05, 3.63) is 0 Å². The Morgan fingerprint density at radius 1 is 1.26 bits per heavy atom. The van der Waals surface area contributed by atoms with E-state index >= 15 is 0 Å². The average molecular weight is 268 g/mol. The van der Waals surface area contributed by atoms with Gasteiger partial charge in [-0.15, -0.1) is 0 Å². The molecule has 3 atom stereocenters. The summed E-state index contributed by atoms with van der Waals surface area (Å²) in [5, 5.41) is 3.53. The Bertz CT molecular complexity index is 274. The summed E-state index contributed by atoms with van der Waals surface area (Å²) in [6, 6.07) is 1.29. The predicted molar refractivity (Wildman–Crippen MR) is 80.5 cm³/mol. The van der Waals surface area contributed by atoms with E-state index in [0.29, 0.717) is 23.6 Å². The molecule has 1 aliphatic heterocycles. The minimum Gasteiger partial charge on any atom is -0.377 e. The van der Waals surface area contributed by atoms with Crippen LogP contribution in [0.1, 0.15) is 52.4 Å². The number of hydrogen-bond donors (Lipinski definition) is 1. The zero-order chi connectivity index (χ0) is 13.9. The third-order valence-corrected chi connectivity index (χ3v) is 5.06. The van der Waals surface area contributed by atoms with Crippen molar-refractivity contribution in [3.63, 3.8) is 0 Å². The van der Waals surface area contributed by atoms with Gasteiger partial charge in [-0.25, -0.2) is 0 Å². The van der Waals surface area contributed by atoms with Crippen LogP contribution in [0, 0.1) is 5.41 Å². The molecule has 0 radical (unpaired) electrons. The van der Waals surface area contributed by atoms with Crippen molar-refractivity contribution in [2.75, 3.05) is 27.2 Å². The Balaban J connectivity index is 1.92. The molecule has 1 saturated heterocycles. The summed E-state index contributed by atoms with van der Waals surface area (Å²) in [6.07, 6.45) is 8.21. The highest BCUT2D eigenvalue weighted by atomic mass is 16.5. The second-order valence-electron chi connectivity index (χ2n) is 7.30. The van der Waals surface area contributed by atoms with Crippen LogP contribution in [0.4, 0.5) is 0 Å². The maximum Gasteiger partial charge on any atom is 0.0702 e. The van der Waals surface area contributed by atoms with Gasteiger partial charge in [0.1, 0.15) is 0 Å². The van der Waals surface area contributed by atoms with Crippen LogP contribution in [0.5, 0.6) is 0 Å². The molecular formula is C16H32N2O. The first-order valence-electron chi connectivity index (χ1n) is 8.01. The number of nitrogens with zero attached hydrogens (tertiary/aromatic N) is 1. The van der Waals surface area contributed by atoms with Crippen LogP contribution in [0.2, 0.25) is 0 Å². The van der Waals surface area contributed by atoms with Crippen LogP contribution in [0.3, 0.4) is 0 Å². The standard InChI is InChI=1S/C16H32N2O/c1-16(2)9-8-14(17-3)15(11-16)18(4)12-13-7-5-6-10-19-13/h13-15,17H,5-12H2,1-4H3. The molecule has 19 heavy (non-hydrogen) atoms. The number of rotatable bonds is 4. The summed E-state index contributed by atoms with van der Waals surface area (Å²) in [5.74, 6) is 0. The fourth-order valence-electron chi connectivity index (χ4n) is 3.76. The molecule has 2 rings (SSSR count). The van der Waals surface area contributed by atoms with Crippen molar-refractivity contribution in [1.82, 2.24) is 10.2 Å². The Hall–Kier alpha value is -0.120. The minimum absolute atomic E-state index is 0.460. The van der Waals surface area contributed by atoms with Gasteiger partial charge in [0.2, 0.25) is 0 Å². The minimum atomic E-state index is 0.460. The first-order chi connectivity index (χ1) is 9.02. The summed E-state index contributed by atoms with van der Waals surface area (Å²) in [4.78, 5) is 2.55. The molecule has 1 N–H and O–H groups in total. The van der Waals surface area contributed by atoms with E-state index in [1.165, 1.54) is 38.5 Å². The van der Waals surface area contributed by atoms with Gasteiger partial charge in [-0.2, -0.15) is 0 Å². The van der Waals surface area contributed by atoms with E-state index in [9.17, 15) is 0 Å². The Labute approximate surface area is 119 Å². The lowest BCUT2D eigenvalue weighted by Gasteiger charge is -2.45. The van der Waals surface area contributed by atoms with Crippen LogP contribution in [0.15, 0.2) is 0 Å². The first kappa shape index (κ1) is 15.3. The lowest BCUT2D eigenvalue weighted by atomic mass is 9.72. The molecule has 0 bridgehead atoms. The van der Waals surface area contributed by atoms with Crippen LogP contribution in [-0.4, -0.2) is 50.3 Å². The van der Waals surface area contributed by atoms with E-state index in [0.717, 1.165) is 13.2 Å². The topological polar surface area (TPSA) is 24.5 Å². The largest absolute Gasteiger partial charge is 0.377 e. The van der Waals surface area contributed by atoms with Gasteiger partial charge in [0.05, 0.1) is 6.10 Å². The Morgan fingerprint density at radius 2 is 2.05 bits per heavy atom. The quantitative estimate of drug-likeness (QED) is 0.848. The van der Waals surface area contributed by atoms with Crippen LogP contribution >= 0.6 is 0 Å². The maximum absolute atomic E-state index is 5.90. The Morgan fingerprint density at radius 3 is 2.68 bits per heavy atom. The van der Waals surface area contributed by atoms with Crippen molar-refractivity contribution in [3.8, 4) is 0 Å². The number of nitrogens with one attached hydrogen (secondary N) is 1. The molecule has 0 spiro atoms. The molecule has 0 amide bonds. The van der Waals surface area contributed by atoms with Crippen molar-refractivity contribution >= 4 is 0 Å². The summed E-state index contributed by atoms with van der Waals surface area (Å²) in [6.45, 7) is 6.89. The number of ether oxygens (including phenoxy) is 1. The summed E-state index contributed by atoms with van der Waals surface area (Å²) >= 11 is 0. The van der Waals surface area contributed by atoms with E-state index in [-0.39, 0.29) is 0 Å². The highest BCUT2D eigenvalue weighted by Gasteiger charge is 2.36. The normalized spacial score (nSPS) is 35.5. The third kappa shape index (κ3) is 4.17. The zero-order valence-corrected chi connectivity index (χ0v) is 13.2. The predicted octanol–water partition coefficient (Wildman–Crippen LogP) is 2.65. The van der Waals surface area contributed by atoms with Crippen LogP contribution in [-0.2, 0) is 4.74 Å². The molecule has 0 aromatic rings.